The van der Waals surface area contributed by atoms with Crippen molar-refractivity contribution in [2.45, 2.75) is 40.0 Å². The summed E-state index contributed by atoms with van der Waals surface area (Å²) in [6, 6.07) is 22.0. The Morgan fingerprint density at radius 1 is 1.09 bits per heavy atom. The first-order valence-corrected chi connectivity index (χ1v) is 15.1. The van der Waals surface area contributed by atoms with Gasteiger partial charge < -0.3 is 14.6 Å². The molecule has 8 nitrogen and oxygen atoms in total. The largest absolute Gasteiger partial charge is 0.484 e. The number of ether oxygens (including phenoxy) is 1. The van der Waals surface area contributed by atoms with Gasteiger partial charge in [0, 0.05) is 43.7 Å². The number of rotatable bonds is 9. The summed E-state index contributed by atoms with van der Waals surface area (Å²) in [5.74, 6) is 0.989. The van der Waals surface area contributed by atoms with Crippen LogP contribution in [0, 0.1) is 13.8 Å². The van der Waals surface area contributed by atoms with Gasteiger partial charge >= 0.3 is 0 Å². The van der Waals surface area contributed by atoms with Crippen LogP contribution in [0.3, 0.4) is 0 Å². The molecule has 43 heavy (non-hydrogen) atoms. The minimum absolute atomic E-state index is 0.0505. The highest BCUT2D eigenvalue weighted by atomic mass is 79.9. The number of anilines is 1. The highest BCUT2D eigenvalue weighted by molar-refractivity contribution is 9.10. The lowest BCUT2D eigenvalue weighted by molar-refractivity contribution is -0.118. The molecular weight excluding hydrogens is 630 g/mol. The van der Waals surface area contributed by atoms with Crippen LogP contribution in [0.15, 0.2) is 87.2 Å². The SMILES string of the molecule is CC[C@H](C)c1nc2ccc(Br)cc2c(=O)n1N=Cc1cc(C)n(-c2ccc(OCC(=O)Nc3ccc(Cl)cc3)cc2)c1C. The second-order valence-electron chi connectivity index (χ2n) is 10.3. The van der Waals surface area contributed by atoms with Crippen LogP contribution in [-0.2, 0) is 4.79 Å². The van der Waals surface area contributed by atoms with Gasteiger partial charge in [0.2, 0.25) is 0 Å². The predicted octanol–water partition coefficient (Wildman–Crippen LogP) is 7.63. The van der Waals surface area contributed by atoms with Crippen molar-refractivity contribution in [1.82, 2.24) is 14.2 Å². The summed E-state index contributed by atoms with van der Waals surface area (Å²) in [4.78, 5) is 30.6. The molecule has 10 heteroatoms. The van der Waals surface area contributed by atoms with Crippen LogP contribution in [0.25, 0.3) is 16.6 Å². The third kappa shape index (κ3) is 6.73. The fourth-order valence-electron chi connectivity index (χ4n) is 4.79. The van der Waals surface area contributed by atoms with Crippen LogP contribution >= 0.6 is 27.5 Å². The number of hydrogen-bond donors (Lipinski definition) is 1. The van der Waals surface area contributed by atoms with E-state index in [4.69, 9.17) is 21.3 Å². The molecule has 0 aliphatic rings. The average Bonchev–Trinajstić information content (AvgIpc) is 3.29. The Morgan fingerprint density at radius 2 is 1.81 bits per heavy atom. The number of nitrogens with zero attached hydrogens (tertiary/aromatic N) is 4. The lowest BCUT2D eigenvalue weighted by atomic mass is 10.1. The van der Waals surface area contributed by atoms with Crippen molar-refractivity contribution in [2.24, 2.45) is 5.10 Å². The van der Waals surface area contributed by atoms with Gasteiger partial charge in [-0.25, -0.2) is 4.98 Å². The highest BCUT2D eigenvalue weighted by Gasteiger charge is 2.16. The molecule has 1 atom stereocenters. The van der Waals surface area contributed by atoms with Gasteiger partial charge in [-0.15, -0.1) is 0 Å². The molecule has 0 saturated carbocycles. The summed E-state index contributed by atoms with van der Waals surface area (Å²) in [7, 11) is 0. The van der Waals surface area contributed by atoms with Gasteiger partial charge in [0.05, 0.1) is 17.1 Å². The maximum Gasteiger partial charge on any atom is 0.282 e. The molecule has 0 spiro atoms. The monoisotopic (exact) mass is 659 g/mol. The number of halogens is 2. The zero-order valence-corrected chi connectivity index (χ0v) is 26.6. The summed E-state index contributed by atoms with van der Waals surface area (Å²) in [5.41, 5.74) is 4.89. The number of aryl methyl sites for hydroxylation is 1. The molecule has 1 N–H and O–H groups in total. The van der Waals surface area contributed by atoms with Crippen LogP contribution in [0.1, 0.15) is 49.0 Å². The first-order chi connectivity index (χ1) is 20.6. The van der Waals surface area contributed by atoms with E-state index in [1.165, 1.54) is 4.68 Å². The third-order valence-electron chi connectivity index (χ3n) is 7.26. The smallest absolute Gasteiger partial charge is 0.282 e. The molecule has 0 fully saturated rings. The summed E-state index contributed by atoms with van der Waals surface area (Å²) < 4.78 is 10.0. The Morgan fingerprint density at radius 3 is 2.51 bits per heavy atom. The Labute approximate surface area is 263 Å². The average molecular weight is 661 g/mol. The Kier molecular flexibility index (Phi) is 9.13. The molecule has 0 aliphatic carbocycles. The van der Waals surface area contributed by atoms with Gasteiger partial charge in [-0.3, -0.25) is 9.59 Å². The summed E-state index contributed by atoms with van der Waals surface area (Å²) >= 11 is 9.35. The van der Waals surface area contributed by atoms with Gasteiger partial charge in [-0.05, 0) is 93.1 Å². The summed E-state index contributed by atoms with van der Waals surface area (Å²) in [5, 5.41) is 8.53. The van der Waals surface area contributed by atoms with E-state index in [-0.39, 0.29) is 24.0 Å². The molecule has 0 bridgehead atoms. The van der Waals surface area contributed by atoms with Crippen molar-refractivity contribution >= 4 is 56.2 Å². The number of benzene rings is 3. The van der Waals surface area contributed by atoms with Crippen molar-refractivity contribution in [1.29, 1.82) is 0 Å². The van der Waals surface area contributed by atoms with E-state index in [0.29, 0.717) is 33.2 Å². The fraction of sp³-hybridized carbons (Fsp3) is 0.212. The molecule has 5 rings (SSSR count). The quantitative estimate of drug-likeness (QED) is 0.165. The van der Waals surface area contributed by atoms with Crippen molar-refractivity contribution in [3.05, 3.63) is 115 Å². The molecule has 0 saturated heterocycles. The van der Waals surface area contributed by atoms with E-state index >= 15 is 0 Å². The van der Waals surface area contributed by atoms with E-state index in [0.717, 1.165) is 33.5 Å². The number of hydrogen-bond acceptors (Lipinski definition) is 5. The summed E-state index contributed by atoms with van der Waals surface area (Å²) in [6.07, 6.45) is 2.54. The van der Waals surface area contributed by atoms with E-state index in [1.54, 1.807) is 36.5 Å². The molecule has 3 aromatic carbocycles. The predicted molar refractivity (Wildman–Crippen MR) is 176 cm³/mol. The van der Waals surface area contributed by atoms with E-state index < -0.39 is 0 Å². The van der Waals surface area contributed by atoms with E-state index in [9.17, 15) is 9.59 Å². The number of fused-ring (bicyclic) bond motifs is 1. The van der Waals surface area contributed by atoms with Crippen LogP contribution < -0.4 is 15.6 Å². The first kappa shape index (κ1) is 30.3. The zero-order valence-electron chi connectivity index (χ0n) is 24.3. The number of amides is 1. The lowest BCUT2D eigenvalue weighted by Gasteiger charge is -2.14. The van der Waals surface area contributed by atoms with Gasteiger partial charge in [0.25, 0.3) is 11.5 Å². The topological polar surface area (TPSA) is 90.5 Å². The number of carbonyl (C=O) groups excluding carboxylic acids is 1. The van der Waals surface area contributed by atoms with Gasteiger partial charge in [-0.2, -0.15) is 9.78 Å². The number of aromatic nitrogens is 3. The Hall–Kier alpha value is -4.21. The third-order valence-corrected chi connectivity index (χ3v) is 8.01. The first-order valence-electron chi connectivity index (χ1n) is 13.9. The van der Waals surface area contributed by atoms with Crippen molar-refractivity contribution < 1.29 is 9.53 Å². The molecule has 0 aliphatic heterocycles. The van der Waals surface area contributed by atoms with Gasteiger partial charge in [0.15, 0.2) is 6.61 Å². The van der Waals surface area contributed by atoms with Crippen LogP contribution in [0.5, 0.6) is 5.75 Å². The van der Waals surface area contributed by atoms with E-state index in [1.807, 2.05) is 63.2 Å². The molecule has 5 aromatic rings. The van der Waals surface area contributed by atoms with Crippen molar-refractivity contribution in [3.63, 3.8) is 0 Å². The Balaban J connectivity index is 1.35. The molecule has 0 unspecified atom stereocenters. The fourth-order valence-corrected chi connectivity index (χ4v) is 5.27. The maximum atomic E-state index is 13.5. The second kappa shape index (κ2) is 13.0. The molecule has 0 radical (unpaired) electrons. The number of nitrogens with one attached hydrogen (secondary N) is 1. The van der Waals surface area contributed by atoms with Gasteiger partial charge in [-0.1, -0.05) is 41.4 Å². The van der Waals surface area contributed by atoms with E-state index in [2.05, 4.69) is 37.8 Å². The minimum atomic E-state index is -0.266. The van der Waals surface area contributed by atoms with Crippen LogP contribution in [0.2, 0.25) is 5.02 Å². The highest BCUT2D eigenvalue weighted by Crippen LogP contribution is 2.24. The van der Waals surface area contributed by atoms with Gasteiger partial charge in [0.1, 0.15) is 11.6 Å². The maximum absolute atomic E-state index is 13.5. The second-order valence-corrected chi connectivity index (χ2v) is 11.7. The van der Waals surface area contributed by atoms with Crippen molar-refractivity contribution in [3.8, 4) is 11.4 Å². The van der Waals surface area contributed by atoms with Crippen molar-refractivity contribution in [2.75, 3.05) is 11.9 Å². The number of carbonyl (C=O) groups is 1. The van der Waals surface area contributed by atoms with Crippen LogP contribution in [0.4, 0.5) is 5.69 Å². The standard InChI is InChI=1S/C33H31BrClN5O3/c1-5-20(2)32-38-30-15-6-24(34)17-29(30)33(42)40(32)36-18-23-16-21(3)39(22(23)4)27-11-13-28(14-12-27)43-19-31(41)37-26-9-7-25(35)8-10-26/h6-18,20H,5,19H2,1-4H3,(H,37,41)/t20-/m0/s1. The molecule has 2 heterocycles. The lowest BCUT2D eigenvalue weighted by Crippen LogP contribution is -2.23. The molecule has 1 amide bonds. The summed E-state index contributed by atoms with van der Waals surface area (Å²) in [6.45, 7) is 8.01. The molecule has 2 aromatic heterocycles. The minimum Gasteiger partial charge on any atom is -0.484 e. The zero-order chi connectivity index (χ0) is 30.7. The van der Waals surface area contributed by atoms with Crippen LogP contribution in [-0.4, -0.2) is 33.0 Å². The Bertz CT molecular complexity index is 1880. The molecular formula is C33H31BrClN5O3. The molecule has 220 valence electrons. The normalized spacial score (nSPS) is 12.1.